The maximum atomic E-state index is 9.10. The van der Waals surface area contributed by atoms with Crippen molar-refractivity contribution < 1.29 is 124 Å². The number of aliphatic carboxylic acids is 4. The maximum Gasteiger partial charge on any atom is 1.00 e. The average molecular weight is 374 g/mol. The van der Waals surface area contributed by atoms with Crippen LogP contribution >= 0.6 is 0 Å². The van der Waals surface area contributed by atoms with Gasteiger partial charge in [-0.25, -0.2) is 19.2 Å². The van der Waals surface area contributed by atoms with Crippen molar-refractivity contribution in [3.8, 4) is 0 Å². The molecule has 0 aromatic carbocycles. The van der Waals surface area contributed by atoms with Crippen LogP contribution in [-0.2, 0) is 19.2 Å². The summed E-state index contributed by atoms with van der Waals surface area (Å²) in [4.78, 5) is 36.4. The second-order valence-corrected chi connectivity index (χ2v) is 1.55. The van der Waals surface area contributed by atoms with Crippen molar-refractivity contribution in [3.63, 3.8) is 0 Å². The Labute approximate surface area is 152 Å². The van der Waals surface area contributed by atoms with E-state index in [1.54, 1.807) is 0 Å². The van der Waals surface area contributed by atoms with Crippen LogP contribution in [-0.4, -0.2) is 61.7 Å². The maximum absolute atomic E-state index is 9.10. The van der Waals surface area contributed by atoms with Crippen molar-refractivity contribution >= 4 is 31.2 Å². The zero-order chi connectivity index (χ0) is 13.9. The summed E-state index contributed by atoms with van der Waals surface area (Å²) >= 11 is 0. The van der Waals surface area contributed by atoms with Gasteiger partial charge in [-0.15, -0.1) is 0 Å². The fraction of sp³-hybridized carbons (Fsp3) is 0. The van der Waals surface area contributed by atoms with E-state index in [1.165, 1.54) is 0 Å². The molecule has 0 aliphatic heterocycles. The van der Waals surface area contributed by atoms with E-state index in [0.29, 0.717) is 0 Å². The Kier molecular flexibility index (Phi) is 24.0. The van der Waals surface area contributed by atoms with Gasteiger partial charge in [0.25, 0.3) is 0 Å². The van der Waals surface area contributed by atoms with E-state index in [4.69, 9.17) is 54.7 Å². The summed E-state index contributed by atoms with van der Waals surface area (Å²) in [5.74, 6) is -7.30. The van der Waals surface area contributed by atoms with E-state index >= 15 is 0 Å². The Morgan fingerprint density at radius 2 is 0.765 bits per heavy atom. The smallest absolute Gasteiger partial charge is 0.832 e. The van der Waals surface area contributed by atoms with Crippen LogP contribution in [0.1, 0.15) is 0 Å². The first kappa shape index (κ1) is 25.7. The van der Waals surface area contributed by atoms with Gasteiger partial charge in [-0.1, -0.05) is 0 Å². The molecule has 0 aliphatic carbocycles. The molecule has 0 bridgehead atoms. The Morgan fingerprint density at radius 1 is 0.706 bits per heavy atom. The van der Waals surface area contributed by atoms with E-state index in [2.05, 4.69) is 0 Å². The van der Waals surface area contributed by atoms with E-state index < -0.39 is 31.2 Å². The van der Waals surface area contributed by atoms with Gasteiger partial charge in [0.1, 0.15) is 0 Å². The van der Waals surface area contributed by atoms with Crippen LogP contribution in [0, 0.1) is 0 Å². The van der Waals surface area contributed by atoms with Gasteiger partial charge in [-0.3, -0.25) is 0 Å². The monoisotopic (exact) mass is 374 g/mol. The minimum Gasteiger partial charge on any atom is -0.832 e. The number of hydrogen-bond acceptors (Lipinski definition) is 7. The molecule has 0 atom stereocenters. The van der Waals surface area contributed by atoms with Crippen molar-refractivity contribution in [1.82, 2.24) is 0 Å². The molecule has 0 heterocycles. The molecule has 0 radical (unpaired) electrons. The second kappa shape index (κ2) is 15.9. The third kappa shape index (κ3) is 49.3. The van der Waals surface area contributed by atoms with Gasteiger partial charge in [0.2, 0.25) is 0 Å². The molecule has 0 rings (SSSR count). The zero-order valence-corrected chi connectivity index (χ0v) is 14.6. The largest absolute Gasteiger partial charge is 1.00 e. The fourth-order valence-corrected chi connectivity index (χ4v) is 0. The first-order valence-electron chi connectivity index (χ1n) is 2.96. The molecule has 0 saturated carbocycles. The Morgan fingerprint density at radius 3 is 0.765 bits per heavy atom. The number of rotatable bonds is 0. The predicted molar refractivity (Wildman–Crippen MR) is 40.7 cm³/mol. The molecule has 0 aliphatic rings. The predicted octanol–water partition coefficient (Wildman–Crippen LogP) is -7.37. The van der Waals surface area contributed by atoms with Crippen LogP contribution in [0.4, 0.5) is 0 Å². The van der Waals surface area contributed by atoms with Crippen LogP contribution in [0.15, 0.2) is 0 Å². The standard InChI is InChI=1S/2C2H2O4.BH2O3.Cs/c2*3-1(4)2(5)6;2-1(3)4;/h2*(H,3,4)(H,5,6);2-3H;/q;;-1;+1. The first-order valence-corrected chi connectivity index (χ1v) is 2.96. The first-order chi connectivity index (χ1) is 7.02. The van der Waals surface area contributed by atoms with E-state index in [0.717, 1.165) is 0 Å². The third-order valence-corrected chi connectivity index (χ3v) is 0.366. The summed E-state index contributed by atoms with van der Waals surface area (Å²) in [7, 11) is -2.42. The normalized spacial score (nSPS) is 6.76. The minimum absolute atomic E-state index is 0. The molecule has 92 valence electrons. The molecule has 0 aromatic heterocycles. The average Bonchev–Trinajstić information content (AvgIpc) is 2.03. The molecule has 0 unspecified atom stereocenters. The van der Waals surface area contributed by atoms with Crippen LogP contribution in [0.3, 0.4) is 0 Å². The van der Waals surface area contributed by atoms with Gasteiger partial charge in [0.05, 0.1) is 0 Å². The molecular formula is C4H6BCsO11. The molecule has 11 nitrogen and oxygen atoms in total. The summed E-state index contributed by atoms with van der Waals surface area (Å²) in [6.45, 7) is 0. The summed E-state index contributed by atoms with van der Waals surface area (Å²) in [5.41, 5.74) is 0. The van der Waals surface area contributed by atoms with E-state index in [-0.39, 0.29) is 68.9 Å². The van der Waals surface area contributed by atoms with Crippen molar-refractivity contribution in [3.05, 3.63) is 0 Å². The number of carboxylic acid groups (broad SMARTS) is 4. The van der Waals surface area contributed by atoms with Gasteiger partial charge in [-0.2, -0.15) is 0 Å². The van der Waals surface area contributed by atoms with E-state index in [9.17, 15) is 0 Å². The van der Waals surface area contributed by atoms with Gasteiger partial charge in [-0.05, 0) is 0 Å². The fourth-order valence-electron chi connectivity index (χ4n) is 0. The minimum atomic E-state index is -2.42. The summed E-state index contributed by atoms with van der Waals surface area (Å²) < 4.78 is 0. The molecule has 17 heavy (non-hydrogen) atoms. The topological polar surface area (TPSA) is 213 Å². The number of carbonyl (C=O) groups is 4. The SMILES string of the molecule is O=C(O)C(=O)O.O=C(O)C(=O)O.[Cs+].[O-]B(O)O. The summed E-state index contributed by atoms with van der Waals surface area (Å²) in [6.07, 6.45) is 0. The molecule has 0 spiro atoms. The molecule has 6 N–H and O–H groups in total. The quantitative estimate of drug-likeness (QED) is 0.173. The van der Waals surface area contributed by atoms with Crippen molar-refractivity contribution in [2.75, 3.05) is 0 Å². The van der Waals surface area contributed by atoms with Gasteiger partial charge in [0, 0.05) is 0 Å². The molecule has 13 heteroatoms. The molecule has 0 aromatic rings. The number of carboxylic acids is 4. The van der Waals surface area contributed by atoms with E-state index in [1.807, 2.05) is 0 Å². The van der Waals surface area contributed by atoms with Gasteiger partial charge < -0.3 is 35.5 Å². The molecule has 0 amide bonds. The number of hydrogen-bond donors (Lipinski definition) is 6. The van der Waals surface area contributed by atoms with Crippen molar-refractivity contribution in [2.45, 2.75) is 0 Å². The molecular weight excluding hydrogens is 368 g/mol. The van der Waals surface area contributed by atoms with Gasteiger partial charge in [0.15, 0.2) is 0 Å². The van der Waals surface area contributed by atoms with Crippen molar-refractivity contribution in [1.29, 1.82) is 0 Å². The van der Waals surface area contributed by atoms with Gasteiger partial charge >= 0.3 is 100 Å². The van der Waals surface area contributed by atoms with Crippen LogP contribution in [0.25, 0.3) is 0 Å². The Bertz CT molecular complexity index is 211. The second-order valence-electron chi connectivity index (χ2n) is 1.55. The molecule has 0 saturated heterocycles. The van der Waals surface area contributed by atoms with Crippen LogP contribution in [0.2, 0.25) is 0 Å². The Balaban J connectivity index is -0.0000000741. The van der Waals surface area contributed by atoms with Crippen LogP contribution in [0.5, 0.6) is 0 Å². The third-order valence-electron chi connectivity index (χ3n) is 0.366. The van der Waals surface area contributed by atoms with Crippen molar-refractivity contribution in [2.24, 2.45) is 0 Å². The molecule has 0 fully saturated rings. The summed E-state index contributed by atoms with van der Waals surface area (Å²) in [6, 6.07) is 0. The summed E-state index contributed by atoms with van der Waals surface area (Å²) in [5, 5.41) is 52.3. The Hall–Kier alpha value is -0.123. The van der Waals surface area contributed by atoms with Crippen LogP contribution < -0.4 is 73.9 Å². The zero-order valence-electron chi connectivity index (χ0n) is 8.30.